The molecule has 0 heterocycles. The van der Waals surface area contributed by atoms with Crippen molar-refractivity contribution in [3.8, 4) is 0 Å². The molecule has 1 aromatic rings. The Hall–Kier alpha value is -1.98. The highest BCUT2D eigenvalue weighted by atomic mass is 19.1. The van der Waals surface area contributed by atoms with Gasteiger partial charge in [0.15, 0.2) is 0 Å². The summed E-state index contributed by atoms with van der Waals surface area (Å²) < 4.78 is 13.7. The van der Waals surface area contributed by atoms with Gasteiger partial charge >= 0.3 is 5.97 Å². The number of carbonyl (C=O) groups is 1. The highest BCUT2D eigenvalue weighted by Crippen LogP contribution is 2.35. The molecule has 0 aliphatic rings. The van der Waals surface area contributed by atoms with Crippen LogP contribution in [0.1, 0.15) is 25.8 Å². The average Bonchev–Trinajstić information content (AvgIpc) is 2.14. The Morgan fingerprint density at radius 3 is 2.59 bits per heavy atom. The summed E-state index contributed by atoms with van der Waals surface area (Å²) in [6.07, 6.45) is -0.380. The average molecular weight is 241 g/mol. The molecule has 0 aliphatic carbocycles. The minimum Gasteiger partial charge on any atom is -0.481 e. The maximum Gasteiger partial charge on any atom is 0.304 e. The number of carboxylic acid groups (broad SMARTS) is 1. The summed E-state index contributed by atoms with van der Waals surface area (Å²) in [5.41, 5.74) is -1.71. The Morgan fingerprint density at radius 1 is 1.53 bits per heavy atom. The first-order valence-corrected chi connectivity index (χ1v) is 4.91. The van der Waals surface area contributed by atoms with Crippen LogP contribution in [0, 0.1) is 15.9 Å². The molecule has 0 aromatic heterocycles. The molecule has 0 fully saturated rings. The van der Waals surface area contributed by atoms with Crippen LogP contribution in [0.3, 0.4) is 0 Å². The topological polar surface area (TPSA) is 80.4 Å². The molecule has 0 unspecified atom stereocenters. The van der Waals surface area contributed by atoms with Crippen LogP contribution in [0.25, 0.3) is 0 Å². The van der Waals surface area contributed by atoms with Crippen molar-refractivity contribution in [2.45, 2.75) is 25.7 Å². The smallest absolute Gasteiger partial charge is 0.304 e. The minimum absolute atomic E-state index is 0.174. The van der Waals surface area contributed by atoms with E-state index in [0.717, 1.165) is 6.07 Å². The number of hydrogen-bond acceptors (Lipinski definition) is 3. The van der Waals surface area contributed by atoms with Crippen LogP contribution in [0.2, 0.25) is 0 Å². The van der Waals surface area contributed by atoms with Crippen molar-refractivity contribution in [3.05, 3.63) is 39.7 Å². The highest BCUT2D eigenvalue weighted by Gasteiger charge is 2.34. The van der Waals surface area contributed by atoms with Crippen molar-refractivity contribution in [3.63, 3.8) is 0 Å². The molecule has 5 nitrogen and oxygen atoms in total. The number of nitrogens with zero attached hydrogens (tertiary/aromatic N) is 1. The molecule has 0 spiro atoms. The number of nitro groups is 1. The highest BCUT2D eigenvalue weighted by molar-refractivity contribution is 5.69. The minimum atomic E-state index is -1.14. The lowest BCUT2D eigenvalue weighted by Crippen LogP contribution is -2.24. The van der Waals surface area contributed by atoms with Crippen LogP contribution < -0.4 is 0 Å². The largest absolute Gasteiger partial charge is 0.481 e. The lowest BCUT2D eigenvalue weighted by Gasteiger charge is -2.23. The van der Waals surface area contributed by atoms with Crippen LogP contribution in [0.4, 0.5) is 10.1 Å². The van der Waals surface area contributed by atoms with E-state index in [0.29, 0.717) is 0 Å². The predicted octanol–water partition coefficient (Wildman–Crippen LogP) is 2.49. The van der Waals surface area contributed by atoms with Gasteiger partial charge in [0.1, 0.15) is 5.82 Å². The number of benzene rings is 1. The Morgan fingerprint density at radius 2 is 2.12 bits per heavy atom. The Balaban J connectivity index is 3.38. The number of rotatable bonds is 4. The molecule has 0 aliphatic heterocycles. The number of aliphatic carboxylic acids is 1. The second-order valence-electron chi connectivity index (χ2n) is 4.35. The Kier molecular flexibility index (Phi) is 3.45. The van der Waals surface area contributed by atoms with E-state index in [9.17, 15) is 19.3 Å². The normalized spacial score (nSPS) is 11.2. The van der Waals surface area contributed by atoms with Gasteiger partial charge in [-0.15, -0.1) is 0 Å². The predicted molar refractivity (Wildman–Crippen MR) is 58.3 cm³/mol. The monoisotopic (exact) mass is 241 g/mol. The van der Waals surface area contributed by atoms with Crippen molar-refractivity contribution in [1.82, 2.24) is 0 Å². The molecule has 0 amide bonds. The third-order valence-electron chi connectivity index (χ3n) is 2.46. The van der Waals surface area contributed by atoms with E-state index < -0.39 is 27.8 Å². The third-order valence-corrected chi connectivity index (χ3v) is 2.46. The Labute approximate surface area is 97.0 Å². The summed E-state index contributed by atoms with van der Waals surface area (Å²) in [5, 5.41) is 19.5. The van der Waals surface area contributed by atoms with E-state index in [-0.39, 0.29) is 12.0 Å². The van der Waals surface area contributed by atoms with Crippen LogP contribution in [0.15, 0.2) is 18.2 Å². The van der Waals surface area contributed by atoms with Gasteiger partial charge in [-0.05, 0) is 6.07 Å². The van der Waals surface area contributed by atoms with E-state index in [2.05, 4.69) is 0 Å². The van der Waals surface area contributed by atoms with Crippen molar-refractivity contribution >= 4 is 11.7 Å². The quantitative estimate of drug-likeness (QED) is 0.648. The van der Waals surface area contributed by atoms with Gasteiger partial charge in [0.25, 0.3) is 5.69 Å². The van der Waals surface area contributed by atoms with E-state index in [1.807, 2.05) is 0 Å². The van der Waals surface area contributed by atoms with Crippen molar-refractivity contribution < 1.29 is 19.2 Å². The molecule has 92 valence electrons. The van der Waals surface area contributed by atoms with Crippen LogP contribution in [-0.2, 0) is 10.2 Å². The summed E-state index contributed by atoms with van der Waals surface area (Å²) in [7, 11) is 0. The number of halogens is 1. The molecule has 6 heteroatoms. The van der Waals surface area contributed by atoms with Gasteiger partial charge in [-0.1, -0.05) is 19.9 Å². The van der Waals surface area contributed by atoms with E-state index >= 15 is 0 Å². The molecule has 1 N–H and O–H groups in total. The van der Waals surface area contributed by atoms with Gasteiger partial charge in [0.2, 0.25) is 0 Å². The zero-order valence-electron chi connectivity index (χ0n) is 9.44. The molecule has 0 radical (unpaired) electrons. The van der Waals surface area contributed by atoms with Gasteiger partial charge < -0.3 is 5.11 Å². The fourth-order valence-electron chi connectivity index (χ4n) is 1.80. The second kappa shape index (κ2) is 4.48. The van der Waals surface area contributed by atoms with Crippen molar-refractivity contribution in [1.29, 1.82) is 0 Å². The summed E-state index contributed by atoms with van der Waals surface area (Å²) in [4.78, 5) is 20.8. The summed E-state index contributed by atoms with van der Waals surface area (Å²) >= 11 is 0. The number of carboxylic acids is 1. The molecular formula is C11H12FNO4. The zero-order valence-corrected chi connectivity index (χ0v) is 9.44. The van der Waals surface area contributed by atoms with Crippen LogP contribution >= 0.6 is 0 Å². The molecule has 1 rings (SSSR count). The van der Waals surface area contributed by atoms with Gasteiger partial charge in [-0.2, -0.15) is 0 Å². The van der Waals surface area contributed by atoms with Crippen molar-refractivity contribution in [2.75, 3.05) is 0 Å². The molecule has 0 saturated heterocycles. The van der Waals surface area contributed by atoms with Gasteiger partial charge in [-0.3, -0.25) is 14.9 Å². The number of nitro benzene ring substituents is 1. The molecule has 0 atom stereocenters. The summed E-state index contributed by atoms with van der Waals surface area (Å²) in [6, 6.07) is 3.49. The van der Waals surface area contributed by atoms with Gasteiger partial charge in [0.05, 0.1) is 16.9 Å². The zero-order chi connectivity index (χ0) is 13.2. The molecule has 1 aromatic carbocycles. The lowest BCUT2D eigenvalue weighted by molar-refractivity contribution is -0.386. The SMILES string of the molecule is CC(C)(CC(=O)O)c1c(F)cccc1[N+](=O)[O-]. The maximum absolute atomic E-state index is 13.7. The van der Waals surface area contributed by atoms with E-state index in [1.54, 1.807) is 0 Å². The first kappa shape index (κ1) is 13.1. The summed E-state index contributed by atoms with van der Waals surface area (Å²) in [5.74, 6) is -1.89. The second-order valence-corrected chi connectivity index (χ2v) is 4.35. The Bertz CT molecular complexity index is 471. The van der Waals surface area contributed by atoms with Gasteiger partial charge in [-0.25, -0.2) is 4.39 Å². The fourth-order valence-corrected chi connectivity index (χ4v) is 1.80. The van der Waals surface area contributed by atoms with Crippen molar-refractivity contribution in [2.24, 2.45) is 0 Å². The summed E-state index contributed by atoms with van der Waals surface area (Å²) in [6.45, 7) is 2.93. The number of hydrogen-bond donors (Lipinski definition) is 1. The fraction of sp³-hybridized carbons (Fsp3) is 0.364. The molecular weight excluding hydrogens is 229 g/mol. The first-order valence-electron chi connectivity index (χ1n) is 4.91. The maximum atomic E-state index is 13.7. The molecule has 0 bridgehead atoms. The van der Waals surface area contributed by atoms with E-state index in [1.165, 1.54) is 26.0 Å². The third kappa shape index (κ3) is 2.77. The van der Waals surface area contributed by atoms with Crippen LogP contribution in [0.5, 0.6) is 0 Å². The van der Waals surface area contributed by atoms with E-state index in [4.69, 9.17) is 5.11 Å². The lowest BCUT2D eigenvalue weighted by atomic mass is 9.80. The van der Waals surface area contributed by atoms with Crippen LogP contribution in [-0.4, -0.2) is 16.0 Å². The standard InChI is InChI=1S/C11H12FNO4/c1-11(2,6-9(14)15)10-7(12)4-3-5-8(10)13(16)17/h3-5H,6H2,1-2H3,(H,14,15). The molecule has 17 heavy (non-hydrogen) atoms. The molecule has 0 saturated carbocycles. The first-order chi connectivity index (χ1) is 7.75. The van der Waals surface area contributed by atoms with Gasteiger partial charge in [0, 0.05) is 11.5 Å².